The number of hydrogen-bond donors (Lipinski definition) is 9. The number of aliphatic hydroxyl groups excluding tert-OH is 2. The summed E-state index contributed by atoms with van der Waals surface area (Å²) in [7, 11) is -10.2. The van der Waals surface area contributed by atoms with Crippen LogP contribution in [0.15, 0.2) is 17.4 Å². The van der Waals surface area contributed by atoms with Crippen LogP contribution in [0, 0.1) is 0 Å². The number of imidazole rings is 2. The summed E-state index contributed by atoms with van der Waals surface area (Å²) in [6.07, 6.45) is -11.0. The molecular formula is C19H28N10O14P2. The van der Waals surface area contributed by atoms with Crippen LogP contribution in [-0.2, 0) is 36.7 Å². The zero-order valence-electron chi connectivity index (χ0n) is 22.6. The van der Waals surface area contributed by atoms with Gasteiger partial charge in [0.25, 0.3) is 11.5 Å². The first kappa shape index (κ1) is 33.0. The minimum absolute atomic E-state index is 0. The molecule has 0 radical (unpaired) electrons. The van der Waals surface area contributed by atoms with Gasteiger partial charge in [-0.15, -0.1) is 0 Å². The number of hydrogen-bond acceptors (Lipinski definition) is 18. The Hall–Kier alpha value is -3.35. The number of phosphoric ester groups is 2. The largest absolute Gasteiger partial charge is 0.472 e. The molecule has 3 fully saturated rings. The summed E-state index contributed by atoms with van der Waals surface area (Å²) in [4.78, 5) is 58.7. The predicted octanol–water partition coefficient (Wildman–Crippen LogP) is -3.02. The number of nitrogen functional groups attached to an aromatic ring is 2. The summed E-state index contributed by atoms with van der Waals surface area (Å²) >= 11 is 0. The Balaban J connectivity index is 0.00000400. The van der Waals surface area contributed by atoms with Gasteiger partial charge in [-0.25, -0.2) is 19.1 Å². The molecule has 3 aromatic heterocycles. The van der Waals surface area contributed by atoms with E-state index in [-0.39, 0.29) is 34.8 Å². The van der Waals surface area contributed by atoms with Crippen LogP contribution in [-0.4, -0.2) is 105 Å². The maximum Gasteiger partial charge on any atom is 0.472 e. The molecule has 26 heteroatoms. The molecule has 14 N–H and O–H groups in total. The van der Waals surface area contributed by atoms with Crippen molar-refractivity contribution in [3.63, 3.8) is 0 Å². The van der Waals surface area contributed by atoms with Crippen molar-refractivity contribution in [1.82, 2.24) is 35.2 Å². The summed E-state index contributed by atoms with van der Waals surface area (Å²) in [6.45, 7) is -1.75. The van der Waals surface area contributed by atoms with Crippen molar-refractivity contribution in [2.75, 3.05) is 24.7 Å². The molecule has 24 nitrogen and oxygen atoms in total. The van der Waals surface area contributed by atoms with Crippen LogP contribution in [0.5, 0.6) is 0 Å². The number of amides is 1. The Morgan fingerprint density at radius 2 is 1.44 bits per heavy atom. The van der Waals surface area contributed by atoms with Crippen LogP contribution in [0.4, 0.5) is 11.8 Å². The number of aliphatic hydroxyl groups is 2. The highest BCUT2D eigenvalue weighted by atomic mass is 31.2. The fourth-order valence-electron chi connectivity index (χ4n) is 5.02. The van der Waals surface area contributed by atoms with Gasteiger partial charge >= 0.3 is 15.6 Å². The summed E-state index contributed by atoms with van der Waals surface area (Å²) in [5.41, 5.74) is 15.4. The molecule has 248 valence electrons. The molecule has 6 rings (SSSR count). The van der Waals surface area contributed by atoms with Gasteiger partial charge in [0.15, 0.2) is 29.3 Å². The minimum Gasteiger partial charge on any atom is -0.386 e. The third-order valence-corrected chi connectivity index (χ3v) is 8.97. The first-order valence-corrected chi connectivity index (χ1v) is 15.5. The quantitative estimate of drug-likeness (QED) is 0.124. The second-order valence-electron chi connectivity index (χ2n) is 9.81. The number of rotatable bonds is 3. The fourth-order valence-corrected chi connectivity index (χ4v) is 6.95. The number of carbonyl (C=O) groups is 1. The van der Waals surface area contributed by atoms with Gasteiger partial charge in [-0.3, -0.25) is 41.8 Å². The zero-order valence-corrected chi connectivity index (χ0v) is 24.4. The van der Waals surface area contributed by atoms with Crippen molar-refractivity contribution >= 4 is 44.5 Å². The van der Waals surface area contributed by atoms with Crippen molar-refractivity contribution in [3.05, 3.63) is 28.7 Å². The van der Waals surface area contributed by atoms with Gasteiger partial charge < -0.3 is 52.8 Å². The molecule has 45 heavy (non-hydrogen) atoms. The van der Waals surface area contributed by atoms with E-state index in [0.717, 1.165) is 21.8 Å². The number of aromatic nitrogens is 6. The Labute approximate surface area is 249 Å². The Morgan fingerprint density at radius 1 is 0.933 bits per heavy atom. The van der Waals surface area contributed by atoms with Crippen molar-refractivity contribution in [2.45, 2.75) is 49.1 Å². The van der Waals surface area contributed by atoms with E-state index < -0.39 is 89.4 Å². The van der Waals surface area contributed by atoms with Gasteiger partial charge in [0, 0.05) is 0 Å². The highest BCUT2D eigenvalue weighted by Gasteiger charge is 2.54. The molecule has 3 aliphatic heterocycles. The van der Waals surface area contributed by atoms with Crippen LogP contribution in [0.1, 0.15) is 22.9 Å². The highest BCUT2D eigenvalue weighted by Crippen LogP contribution is 2.53. The Morgan fingerprint density at radius 3 is 1.96 bits per heavy atom. The second kappa shape index (κ2) is 11.8. The number of phosphoric acid groups is 2. The van der Waals surface area contributed by atoms with Crippen molar-refractivity contribution in [1.29, 1.82) is 0 Å². The van der Waals surface area contributed by atoms with Crippen LogP contribution in [0.25, 0.3) is 11.2 Å². The fraction of sp³-hybridized carbons (Fsp3) is 0.526. The monoisotopic (exact) mass is 682 g/mol. The van der Waals surface area contributed by atoms with Crippen LogP contribution in [0.2, 0.25) is 0 Å². The SMILES string of the molecule is N.NC(=O)c1ncn([C@@H]2O[C@@H]3COP(=O)(O)O[C@H]4[C@@H](O)[C@H](n5cnc6c(=O)[nH]c(N)nc65)O[C@@H]4COP(=O)(O)O[C@H]3[C@H]2O)c1N. The Kier molecular flexibility index (Phi) is 8.65. The first-order chi connectivity index (χ1) is 20.7. The van der Waals surface area contributed by atoms with E-state index in [1.165, 1.54) is 0 Å². The summed E-state index contributed by atoms with van der Waals surface area (Å²) in [6, 6.07) is 0. The van der Waals surface area contributed by atoms with Crippen molar-refractivity contribution in [3.8, 4) is 0 Å². The van der Waals surface area contributed by atoms with Gasteiger partial charge in [-0.05, 0) is 0 Å². The lowest BCUT2D eigenvalue weighted by Crippen LogP contribution is -2.39. The number of aromatic amines is 1. The van der Waals surface area contributed by atoms with Gasteiger partial charge in [0.1, 0.15) is 42.4 Å². The first-order valence-electron chi connectivity index (χ1n) is 12.5. The average Bonchev–Trinajstić information content (AvgIpc) is 3.67. The van der Waals surface area contributed by atoms with Gasteiger partial charge in [-0.2, -0.15) is 4.98 Å². The lowest BCUT2D eigenvalue weighted by Gasteiger charge is -2.27. The summed E-state index contributed by atoms with van der Waals surface area (Å²) in [5.74, 6) is -1.59. The standard InChI is InChI=1S/C19H25N9O14P2.H3N/c20-13-7(14(21)31)23-3-27(13)17-9(29)11-5(39-17)1-37-44(35,36)42-12-6(2-38-43(33,34)41-11)40-18(10(12)30)28-4-24-8-15(28)25-19(22)26-16(8)32;/h3-6,9-12,17-18,29-30H,1-2,20H2,(H2,21,31)(H,33,34)(H,35,36)(H3,22,25,26,32);1H3/t5-,6-,9-,10-,11-,12-,17-,18-;/m1./s1. The van der Waals surface area contributed by atoms with Gasteiger partial charge in [0.05, 0.1) is 25.9 Å². The number of anilines is 2. The molecular weight excluding hydrogens is 654 g/mol. The molecule has 3 saturated heterocycles. The molecule has 10 atom stereocenters. The number of primary amides is 1. The molecule has 6 heterocycles. The van der Waals surface area contributed by atoms with E-state index in [1.54, 1.807) is 0 Å². The normalized spacial score (nSPS) is 37.2. The van der Waals surface area contributed by atoms with E-state index in [9.17, 15) is 38.7 Å². The van der Waals surface area contributed by atoms with Crippen LogP contribution in [0.3, 0.4) is 0 Å². The Bertz CT molecular complexity index is 1760. The minimum atomic E-state index is -5.09. The number of ether oxygens (including phenoxy) is 2. The zero-order chi connectivity index (χ0) is 31.7. The highest BCUT2D eigenvalue weighted by molar-refractivity contribution is 7.47. The number of nitrogens with one attached hydrogen (secondary N) is 1. The molecule has 2 unspecified atom stereocenters. The molecule has 3 aromatic rings. The summed E-state index contributed by atoms with van der Waals surface area (Å²) < 4.78 is 59.9. The number of carbonyl (C=O) groups excluding carboxylic acids is 1. The lowest BCUT2D eigenvalue weighted by atomic mass is 10.1. The average molecular weight is 682 g/mol. The molecule has 3 aliphatic rings. The van der Waals surface area contributed by atoms with E-state index in [1.807, 2.05) is 0 Å². The number of H-pyrrole nitrogens is 1. The topological polar surface area (TPSA) is 382 Å². The maximum atomic E-state index is 13.0. The maximum absolute atomic E-state index is 13.0. The van der Waals surface area contributed by atoms with E-state index in [4.69, 9.17) is 44.8 Å². The third-order valence-electron chi connectivity index (χ3n) is 7.00. The molecule has 0 spiro atoms. The van der Waals surface area contributed by atoms with Gasteiger partial charge in [-0.1, -0.05) is 0 Å². The van der Waals surface area contributed by atoms with E-state index >= 15 is 0 Å². The second-order valence-corrected chi connectivity index (χ2v) is 12.6. The molecule has 0 saturated carbocycles. The number of fused-ring (bicyclic) bond motifs is 3. The molecule has 0 bridgehead atoms. The van der Waals surface area contributed by atoms with Gasteiger partial charge in [0.2, 0.25) is 5.95 Å². The predicted molar refractivity (Wildman–Crippen MR) is 144 cm³/mol. The van der Waals surface area contributed by atoms with Crippen LogP contribution >= 0.6 is 15.6 Å². The van der Waals surface area contributed by atoms with Crippen molar-refractivity contribution < 1.29 is 61.5 Å². The van der Waals surface area contributed by atoms with Crippen LogP contribution < -0.4 is 28.9 Å². The lowest BCUT2D eigenvalue weighted by molar-refractivity contribution is -0.0665. The third kappa shape index (κ3) is 5.99. The summed E-state index contributed by atoms with van der Waals surface area (Å²) in [5, 5.41) is 22.0. The van der Waals surface area contributed by atoms with E-state index in [2.05, 4.69) is 19.9 Å². The number of nitrogens with two attached hydrogens (primary N) is 3. The molecule has 0 aliphatic carbocycles. The number of nitrogens with zero attached hydrogens (tertiary/aromatic N) is 5. The smallest absolute Gasteiger partial charge is 0.386 e. The molecule has 1 amide bonds. The molecule has 0 aromatic carbocycles. The van der Waals surface area contributed by atoms with E-state index in [0.29, 0.717) is 0 Å². The van der Waals surface area contributed by atoms with Crippen molar-refractivity contribution in [2.24, 2.45) is 5.73 Å².